The smallest absolute Gasteiger partial charge is 0.266 e. The summed E-state index contributed by atoms with van der Waals surface area (Å²) in [5.41, 5.74) is 0.550. The van der Waals surface area contributed by atoms with E-state index in [9.17, 15) is 12.8 Å². The molecule has 0 amide bonds. The number of halogens is 3. The van der Waals surface area contributed by atoms with Crippen LogP contribution >= 0.6 is 27.5 Å². The number of sulfonamides is 1. The molecule has 0 aliphatic carbocycles. The maximum Gasteiger partial charge on any atom is 0.266 e. The van der Waals surface area contributed by atoms with Gasteiger partial charge in [-0.2, -0.15) is 9.97 Å². The molecule has 0 fully saturated rings. The van der Waals surface area contributed by atoms with Crippen molar-refractivity contribution in [2.75, 3.05) is 18.7 Å². The Morgan fingerprint density at radius 2 is 2.08 bits per heavy atom. The van der Waals surface area contributed by atoms with Crippen molar-refractivity contribution in [3.05, 3.63) is 33.9 Å². The number of alkyl halides is 1. The molecule has 0 spiro atoms. The van der Waals surface area contributed by atoms with Gasteiger partial charge >= 0.3 is 0 Å². The number of hydrogen-bond acceptors (Lipinski definition) is 6. The highest BCUT2D eigenvalue weighted by atomic mass is 79.9. The molecule has 26 heavy (non-hydrogen) atoms. The van der Waals surface area contributed by atoms with Gasteiger partial charge in [0.2, 0.25) is 24.6 Å². The van der Waals surface area contributed by atoms with Gasteiger partial charge in [-0.1, -0.05) is 11.6 Å². The normalized spacial score (nSPS) is 11.5. The van der Waals surface area contributed by atoms with Gasteiger partial charge in [-0.3, -0.25) is 0 Å². The molecule has 0 aliphatic rings. The molecule has 2 aromatic heterocycles. The first-order valence-electron chi connectivity index (χ1n) is 6.95. The summed E-state index contributed by atoms with van der Waals surface area (Å²) in [7, 11) is -2.73. The number of benzene rings is 1. The topological polar surface area (TPSA) is 106 Å². The standard InChI is InChI=1S/C14H11BrClFN4O4S/c1-24-12-11(15)13(25-6-17)20-14(19-12)21-26(22,23)10-5-18-9-4-7(16)2-3-8(9)10/h2-5,18H,6H2,1H3,(H,19,20,21). The Hall–Kier alpha value is -2.11. The average Bonchev–Trinajstić information content (AvgIpc) is 3.01. The lowest BCUT2D eigenvalue weighted by Crippen LogP contribution is -2.15. The number of methoxy groups -OCH3 is 1. The number of aromatic nitrogens is 3. The first-order valence-corrected chi connectivity index (χ1v) is 9.61. The van der Waals surface area contributed by atoms with E-state index in [1.165, 1.54) is 13.3 Å². The molecule has 12 heteroatoms. The zero-order chi connectivity index (χ0) is 18.9. The van der Waals surface area contributed by atoms with Crippen molar-refractivity contribution < 1.29 is 22.3 Å². The highest BCUT2D eigenvalue weighted by molar-refractivity contribution is 9.10. The van der Waals surface area contributed by atoms with E-state index < -0.39 is 16.9 Å². The van der Waals surface area contributed by atoms with Crippen LogP contribution in [0.4, 0.5) is 10.3 Å². The Morgan fingerprint density at radius 3 is 2.77 bits per heavy atom. The summed E-state index contributed by atoms with van der Waals surface area (Å²) in [6.07, 6.45) is 1.32. The van der Waals surface area contributed by atoms with Crippen LogP contribution in [0.1, 0.15) is 0 Å². The number of rotatable bonds is 6. The monoisotopic (exact) mass is 464 g/mol. The molecule has 8 nitrogen and oxygen atoms in total. The van der Waals surface area contributed by atoms with Gasteiger partial charge in [0.05, 0.1) is 7.11 Å². The summed E-state index contributed by atoms with van der Waals surface area (Å²) in [6, 6.07) is 4.74. The van der Waals surface area contributed by atoms with Crippen LogP contribution in [-0.2, 0) is 10.0 Å². The van der Waals surface area contributed by atoms with E-state index in [0.717, 1.165) is 0 Å². The molecule has 0 unspecified atom stereocenters. The minimum atomic E-state index is -4.05. The van der Waals surface area contributed by atoms with Crippen molar-refractivity contribution in [3.63, 3.8) is 0 Å². The van der Waals surface area contributed by atoms with Crippen molar-refractivity contribution in [1.82, 2.24) is 15.0 Å². The Labute approximate surface area is 160 Å². The third kappa shape index (κ3) is 3.55. The summed E-state index contributed by atoms with van der Waals surface area (Å²) >= 11 is 9.00. The largest absolute Gasteiger partial charge is 0.480 e. The molecule has 3 rings (SSSR count). The summed E-state index contributed by atoms with van der Waals surface area (Å²) in [4.78, 5) is 10.6. The molecule has 0 bridgehead atoms. The molecule has 0 aliphatic heterocycles. The van der Waals surface area contributed by atoms with E-state index >= 15 is 0 Å². The van der Waals surface area contributed by atoms with Gasteiger partial charge < -0.3 is 14.5 Å². The highest BCUT2D eigenvalue weighted by Gasteiger charge is 2.23. The van der Waals surface area contributed by atoms with Crippen LogP contribution in [-0.4, -0.2) is 37.3 Å². The fourth-order valence-electron chi connectivity index (χ4n) is 2.20. The second-order valence-electron chi connectivity index (χ2n) is 4.88. The minimum Gasteiger partial charge on any atom is -0.480 e. The number of aromatic amines is 1. The molecule has 2 N–H and O–H groups in total. The predicted octanol–water partition coefficient (Wildman–Crippen LogP) is 3.49. The first-order chi connectivity index (χ1) is 12.4. The van der Waals surface area contributed by atoms with Crippen LogP contribution in [0.15, 0.2) is 33.8 Å². The van der Waals surface area contributed by atoms with Crippen molar-refractivity contribution in [1.29, 1.82) is 0 Å². The summed E-state index contributed by atoms with van der Waals surface area (Å²) in [5, 5.41) is 0.899. The van der Waals surface area contributed by atoms with Gasteiger partial charge in [0, 0.05) is 22.1 Å². The van der Waals surface area contributed by atoms with Gasteiger partial charge in [-0.15, -0.1) is 0 Å². The third-order valence-corrected chi connectivity index (χ3v) is 5.58. The number of fused-ring (bicyclic) bond motifs is 1. The molecule has 0 saturated carbocycles. The number of anilines is 1. The molecule has 0 saturated heterocycles. The molecule has 138 valence electrons. The van der Waals surface area contributed by atoms with Crippen molar-refractivity contribution in [2.45, 2.75) is 4.90 Å². The second-order valence-corrected chi connectivity index (χ2v) is 7.76. The Balaban J connectivity index is 2.02. The van der Waals surface area contributed by atoms with Gasteiger partial charge in [0.25, 0.3) is 10.0 Å². The van der Waals surface area contributed by atoms with Crippen LogP contribution in [0.3, 0.4) is 0 Å². The lowest BCUT2D eigenvalue weighted by atomic mass is 10.2. The maximum absolute atomic E-state index is 12.7. The molecule has 1 aromatic carbocycles. The lowest BCUT2D eigenvalue weighted by Gasteiger charge is -2.11. The van der Waals surface area contributed by atoms with E-state index in [-0.39, 0.29) is 27.1 Å². The zero-order valence-corrected chi connectivity index (χ0v) is 16.2. The molecule has 0 atom stereocenters. The number of H-pyrrole nitrogens is 1. The van der Waals surface area contributed by atoms with Crippen LogP contribution in [0.2, 0.25) is 5.02 Å². The summed E-state index contributed by atoms with van der Waals surface area (Å²) in [5.74, 6) is -0.563. The van der Waals surface area contributed by atoms with E-state index in [4.69, 9.17) is 21.1 Å². The molecule has 0 radical (unpaired) electrons. The first kappa shape index (κ1) is 18.7. The molecule has 3 aromatic rings. The SMILES string of the molecule is COc1nc(NS(=O)(=O)c2c[nH]c3cc(Cl)ccc23)nc(OCF)c1Br. The second kappa shape index (κ2) is 7.25. The number of hydrogen-bond donors (Lipinski definition) is 2. The van der Waals surface area contributed by atoms with Crippen LogP contribution < -0.4 is 14.2 Å². The number of ether oxygens (including phenoxy) is 2. The van der Waals surface area contributed by atoms with E-state index in [1.54, 1.807) is 18.2 Å². The van der Waals surface area contributed by atoms with Gasteiger partial charge in [0.1, 0.15) is 9.37 Å². The Bertz CT molecular complexity index is 1080. The fraction of sp³-hybridized carbons (Fsp3) is 0.143. The average molecular weight is 466 g/mol. The van der Waals surface area contributed by atoms with E-state index in [1.807, 2.05) is 0 Å². The minimum absolute atomic E-state index is 0.0214. The van der Waals surface area contributed by atoms with Crippen molar-refractivity contribution >= 4 is 54.4 Å². The predicted molar refractivity (Wildman–Crippen MR) is 97.0 cm³/mol. The van der Waals surface area contributed by atoms with Crippen LogP contribution in [0.5, 0.6) is 11.8 Å². The van der Waals surface area contributed by atoms with Crippen molar-refractivity contribution in [2.24, 2.45) is 0 Å². The Morgan fingerprint density at radius 1 is 1.35 bits per heavy atom. The number of nitrogens with one attached hydrogen (secondary N) is 2. The van der Waals surface area contributed by atoms with Crippen molar-refractivity contribution in [3.8, 4) is 11.8 Å². The zero-order valence-electron chi connectivity index (χ0n) is 13.1. The van der Waals surface area contributed by atoms with Gasteiger partial charge in [-0.05, 0) is 34.1 Å². The van der Waals surface area contributed by atoms with Gasteiger partial charge in [-0.25, -0.2) is 17.5 Å². The summed E-state index contributed by atoms with van der Waals surface area (Å²) < 4.78 is 50.0. The van der Waals surface area contributed by atoms with E-state index in [0.29, 0.717) is 15.9 Å². The maximum atomic E-state index is 12.7. The molecular weight excluding hydrogens is 455 g/mol. The quantitative estimate of drug-likeness (QED) is 0.577. The third-order valence-electron chi connectivity index (χ3n) is 3.30. The van der Waals surface area contributed by atoms with Gasteiger partial charge in [0.15, 0.2) is 0 Å². The Kier molecular flexibility index (Phi) is 5.21. The van der Waals surface area contributed by atoms with E-state index in [2.05, 4.69) is 35.6 Å². The fourth-order valence-corrected chi connectivity index (χ4v) is 3.95. The van der Waals surface area contributed by atoms with Crippen LogP contribution in [0.25, 0.3) is 10.9 Å². The molecular formula is C14H11BrClFN4O4S. The molecule has 2 heterocycles. The lowest BCUT2D eigenvalue weighted by molar-refractivity contribution is 0.182. The number of nitrogens with zero attached hydrogens (tertiary/aromatic N) is 2. The summed E-state index contributed by atoms with van der Waals surface area (Å²) in [6.45, 7) is -1.16. The van der Waals surface area contributed by atoms with Crippen LogP contribution in [0, 0.1) is 0 Å². The highest BCUT2D eigenvalue weighted by Crippen LogP contribution is 2.33.